The minimum absolute atomic E-state index is 0.585. The van der Waals surface area contributed by atoms with Crippen molar-refractivity contribution < 1.29 is 0 Å². The monoisotopic (exact) mass is 699 g/mol. The third-order valence-corrected chi connectivity index (χ3v) is 11.1. The standard InChI is InChI=1S/C50H29N5/c1-52-42-18-11-23-48(49(42)32-24-26-34(27-25-32)54-45-21-8-4-15-38(45)40-17-10-12-33(31-51)50(40)54)55-46-22-9-5-16-39(46)41-30-35(28-29-47(41)55)53-43-19-6-2-13-36(43)37-14-3-7-20-44(37)53/h2-30H. The van der Waals surface area contributed by atoms with Crippen LogP contribution < -0.4 is 0 Å². The smallest absolute Gasteiger partial charge is 0.196 e. The summed E-state index contributed by atoms with van der Waals surface area (Å²) < 4.78 is 6.85. The Morgan fingerprint density at radius 1 is 0.436 bits per heavy atom. The number of aromatic nitrogens is 3. The molecule has 5 heteroatoms. The molecule has 0 amide bonds. The number of fused-ring (bicyclic) bond motifs is 9. The van der Waals surface area contributed by atoms with E-state index in [1.165, 1.54) is 21.8 Å². The summed E-state index contributed by atoms with van der Waals surface area (Å²) in [6.45, 7) is 8.28. The summed E-state index contributed by atoms with van der Waals surface area (Å²) >= 11 is 0. The highest BCUT2D eigenvalue weighted by atomic mass is 15.0. The van der Waals surface area contributed by atoms with Gasteiger partial charge >= 0.3 is 0 Å². The fraction of sp³-hybridized carbons (Fsp3) is 0. The molecule has 5 nitrogen and oxygen atoms in total. The van der Waals surface area contributed by atoms with E-state index in [0.29, 0.717) is 11.3 Å². The van der Waals surface area contributed by atoms with Crippen molar-refractivity contribution in [2.24, 2.45) is 0 Å². The lowest BCUT2D eigenvalue weighted by atomic mass is 10.0. The predicted octanol–water partition coefficient (Wildman–Crippen LogP) is 13.1. The molecule has 55 heavy (non-hydrogen) atoms. The van der Waals surface area contributed by atoms with Crippen LogP contribution in [0.1, 0.15) is 5.56 Å². The molecule has 8 aromatic carbocycles. The van der Waals surface area contributed by atoms with Crippen LogP contribution in [-0.4, -0.2) is 13.7 Å². The van der Waals surface area contributed by atoms with Gasteiger partial charge in [0.05, 0.1) is 45.2 Å². The molecule has 254 valence electrons. The first-order valence-electron chi connectivity index (χ1n) is 18.3. The second-order valence-corrected chi connectivity index (χ2v) is 13.9. The van der Waals surface area contributed by atoms with Crippen molar-refractivity contribution in [3.63, 3.8) is 0 Å². The van der Waals surface area contributed by atoms with E-state index < -0.39 is 0 Å². The third kappa shape index (κ3) is 4.39. The molecule has 0 aliphatic heterocycles. The van der Waals surface area contributed by atoms with Gasteiger partial charge in [0.2, 0.25) is 0 Å². The zero-order valence-electron chi connectivity index (χ0n) is 29.5. The number of nitriles is 1. The first-order chi connectivity index (χ1) is 27.2. The van der Waals surface area contributed by atoms with Crippen LogP contribution in [0.25, 0.3) is 98.5 Å². The van der Waals surface area contributed by atoms with Gasteiger partial charge in [-0.3, -0.25) is 0 Å². The number of nitrogens with zero attached hydrogens (tertiary/aromatic N) is 5. The fourth-order valence-corrected chi connectivity index (χ4v) is 8.82. The van der Waals surface area contributed by atoms with Gasteiger partial charge in [-0.1, -0.05) is 109 Å². The molecule has 11 aromatic rings. The molecule has 3 heterocycles. The van der Waals surface area contributed by atoms with E-state index in [4.69, 9.17) is 6.57 Å². The predicted molar refractivity (Wildman–Crippen MR) is 226 cm³/mol. The van der Waals surface area contributed by atoms with E-state index >= 15 is 0 Å². The molecule has 0 atom stereocenters. The number of rotatable bonds is 4. The zero-order valence-corrected chi connectivity index (χ0v) is 29.5. The van der Waals surface area contributed by atoms with Gasteiger partial charge in [0.1, 0.15) is 6.07 Å². The van der Waals surface area contributed by atoms with Crippen molar-refractivity contribution in [2.75, 3.05) is 0 Å². The van der Waals surface area contributed by atoms with Crippen LogP contribution in [0.2, 0.25) is 0 Å². The first kappa shape index (κ1) is 30.7. The maximum Gasteiger partial charge on any atom is 0.196 e. The second-order valence-electron chi connectivity index (χ2n) is 13.9. The quantitative estimate of drug-likeness (QED) is 0.169. The topological polar surface area (TPSA) is 42.9 Å². The molecule has 0 aliphatic rings. The van der Waals surface area contributed by atoms with Gasteiger partial charge in [-0.25, -0.2) is 4.85 Å². The molecule has 11 rings (SSSR count). The van der Waals surface area contributed by atoms with Crippen molar-refractivity contribution in [2.45, 2.75) is 0 Å². The lowest BCUT2D eigenvalue weighted by Gasteiger charge is -2.17. The molecule has 0 aliphatic carbocycles. The van der Waals surface area contributed by atoms with E-state index in [2.05, 4.69) is 164 Å². The summed E-state index contributed by atoms with van der Waals surface area (Å²) in [5, 5.41) is 17.0. The Bertz CT molecular complexity index is 3400. The Morgan fingerprint density at radius 3 is 1.58 bits per heavy atom. The van der Waals surface area contributed by atoms with Crippen LogP contribution in [0.4, 0.5) is 5.69 Å². The maximum atomic E-state index is 10.1. The van der Waals surface area contributed by atoms with Crippen molar-refractivity contribution in [3.8, 4) is 34.3 Å². The Balaban J connectivity index is 1.12. The van der Waals surface area contributed by atoms with E-state index in [-0.39, 0.29) is 0 Å². The maximum absolute atomic E-state index is 10.1. The average Bonchev–Trinajstić information content (AvgIpc) is 3.89. The largest absolute Gasteiger partial charge is 0.310 e. The summed E-state index contributed by atoms with van der Waals surface area (Å²) in [4.78, 5) is 4.05. The molecule has 0 N–H and O–H groups in total. The Kier molecular flexibility index (Phi) is 6.61. The molecular formula is C50H29N5. The van der Waals surface area contributed by atoms with Gasteiger partial charge in [-0.15, -0.1) is 0 Å². The molecule has 0 radical (unpaired) electrons. The Labute approximate surface area is 316 Å². The zero-order chi connectivity index (χ0) is 36.6. The van der Waals surface area contributed by atoms with Crippen molar-refractivity contribution >= 4 is 71.1 Å². The molecule has 0 unspecified atom stereocenters. The molecule has 0 spiro atoms. The lowest BCUT2D eigenvalue weighted by Crippen LogP contribution is -1.99. The van der Waals surface area contributed by atoms with Crippen LogP contribution >= 0.6 is 0 Å². The van der Waals surface area contributed by atoms with Crippen LogP contribution in [0, 0.1) is 17.9 Å². The minimum atomic E-state index is 0.585. The lowest BCUT2D eigenvalue weighted by molar-refractivity contribution is 1.16. The third-order valence-electron chi connectivity index (χ3n) is 11.1. The SMILES string of the molecule is [C-]#[N+]c1cccc(-n2c3ccccc3c3cc(-n4c5ccccc5c5ccccc54)ccc32)c1-c1ccc(-n2c3ccccc3c3cccc(C#N)c32)cc1. The van der Waals surface area contributed by atoms with Crippen LogP contribution in [0.15, 0.2) is 176 Å². The van der Waals surface area contributed by atoms with Crippen LogP contribution in [0.3, 0.4) is 0 Å². The second kappa shape index (κ2) is 11.8. The number of hydrogen-bond donors (Lipinski definition) is 0. The van der Waals surface area contributed by atoms with Crippen LogP contribution in [-0.2, 0) is 0 Å². The first-order valence-corrected chi connectivity index (χ1v) is 18.3. The summed E-state index contributed by atoms with van der Waals surface area (Å²) in [6, 6.07) is 63.5. The van der Waals surface area contributed by atoms with Crippen molar-refractivity contribution in [1.29, 1.82) is 5.26 Å². The summed E-state index contributed by atoms with van der Waals surface area (Å²) in [5.41, 5.74) is 12.5. The van der Waals surface area contributed by atoms with E-state index in [0.717, 1.165) is 71.8 Å². The highest BCUT2D eigenvalue weighted by molar-refractivity contribution is 6.13. The van der Waals surface area contributed by atoms with Crippen LogP contribution in [0.5, 0.6) is 0 Å². The van der Waals surface area contributed by atoms with E-state index in [1.807, 2.05) is 36.4 Å². The highest BCUT2D eigenvalue weighted by Crippen LogP contribution is 2.43. The van der Waals surface area contributed by atoms with Gasteiger partial charge in [-0.05, 0) is 72.3 Å². The van der Waals surface area contributed by atoms with Crippen molar-refractivity contribution in [3.05, 3.63) is 193 Å². The molecule has 0 saturated heterocycles. The van der Waals surface area contributed by atoms with Gasteiger partial charge in [0.25, 0.3) is 0 Å². The summed E-state index contributed by atoms with van der Waals surface area (Å²) in [7, 11) is 0. The van der Waals surface area contributed by atoms with E-state index in [1.54, 1.807) is 0 Å². The number of para-hydroxylation sites is 5. The van der Waals surface area contributed by atoms with Gasteiger partial charge in [0, 0.05) is 54.9 Å². The van der Waals surface area contributed by atoms with Gasteiger partial charge in [0.15, 0.2) is 5.69 Å². The molecular weight excluding hydrogens is 671 g/mol. The number of hydrogen-bond acceptors (Lipinski definition) is 1. The summed E-state index contributed by atoms with van der Waals surface area (Å²) in [6.07, 6.45) is 0. The van der Waals surface area contributed by atoms with Gasteiger partial charge in [-0.2, -0.15) is 5.26 Å². The van der Waals surface area contributed by atoms with E-state index in [9.17, 15) is 5.26 Å². The molecule has 0 saturated carbocycles. The Morgan fingerprint density at radius 2 is 0.945 bits per heavy atom. The normalized spacial score (nSPS) is 11.6. The fourth-order valence-electron chi connectivity index (χ4n) is 8.82. The molecule has 0 bridgehead atoms. The molecule has 0 fully saturated rings. The average molecular weight is 700 g/mol. The highest BCUT2D eigenvalue weighted by Gasteiger charge is 2.21. The Hall–Kier alpha value is -7.86. The van der Waals surface area contributed by atoms with Gasteiger partial charge < -0.3 is 13.7 Å². The molecule has 3 aromatic heterocycles. The minimum Gasteiger partial charge on any atom is -0.310 e. The van der Waals surface area contributed by atoms with Crippen molar-refractivity contribution in [1.82, 2.24) is 13.7 Å². The number of benzene rings is 8. The summed E-state index contributed by atoms with van der Waals surface area (Å²) in [5.74, 6) is 0.